The summed E-state index contributed by atoms with van der Waals surface area (Å²) in [6, 6.07) is 14.9. The highest BCUT2D eigenvalue weighted by Crippen LogP contribution is 2.19. The van der Waals surface area contributed by atoms with Crippen LogP contribution in [-0.2, 0) is 4.79 Å². The standard InChI is InChI=1S/C18H15FN2O3S/c19-13-5-7-14(8-6-13)25-10-9-17(22)20-21-18(23)16-11-12-3-1-2-4-15(12)24-16/h1-8,11H,9-10H2,(H,20,22)(H,21,23). The number of para-hydroxylation sites is 1. The Labute approximate surface area is 147 Å². The smallest absolute Gasteiger partial charge is 0.305 e. The predicted octanol–water partition coefficient (Wildman–Crippen LogP) is 3.52. The third-order valence-electron chi connectivity index (χ3n) is 3.38. The topological polar surface area (TPSA) is 71.3 Å². The van der Waals surface area contributed by atoms with E-state index in [0.29, 0.717) is 11.3 Å². The van der Waals surface area contributed by atoms with Crippen molar-refractivity contribution < 1.29 is 18.4 Å². The van der Waals surface area contributed by atoms with Crippen LogP contribution in [0.5, 0.6) is 0 Å². The van der Waals surface area contributed by atoms with Crippen LogP contribution in [0, 0.1) is 5.82 Å². The zero-order valence-electron chi connectivity index (χ0n) is 13.1. The summed E-state index contributed by atoms with van der Waals surface area (Å²) < 4.78 is 18.2. The van der Waals surface area contributed by atoms with E-state index in [9.17, 15) is 14.0 Å². The van der Waals surface area contributed by atoms with Gasteiger partial charge in [-0.1, -0.05) is 18.2 Å². The van der Waals surface area contributed by atoms with Crippen molar-refractivity contribution in [1.29, 1.82) is 0 Å². The van der Waals surface area contributed by atoms with Gasteiger partial charge in [-0.25, -0.2) is 4.39 Å². The highest BCUT2D eigenvalue weighted by atomic mass is 32.2. The molecule has 1 heterocycles. The van der Waals surface area contributed by atoms with Gasteiger partial charge in [-0.2, -0.15) is 0 Å². The molecule has 7 heteroatoms. The molecule has 0 aliphatic rings. The Morgan fingerprint density at radius 2 is 1.80 bits per heavy atom. The maximum absolute atomic E-state index is 12.8. The molecule has 0 spiro atoms. The van der Waals surface area contributed by atoms with Gasteiger partial charge < -0.3 is 4.42 Å². The fourth-order valence-corrected chi connectivity index (χ4v) is 2.99. The second kappa shape index (κ2) is 7.85. The number of benzene rings is 2. The lowest BCUT2D eigenvalue weighted by atomic mass is 10.2. The summed E-state index contributed by atoms with van der Waals surface area (Å²) in [6.45, 7) is 0. The summed E-state index contributed by atoms with van der Waals surface area (Å²) in [6.07, 6.45) is 0.211. The number of carbonyl (C=O) groups excluding carboxylic acids is 2. The Morgan fingerprint density at radius 1 is 1.04 bits per heavy atom. The number of halogens is 1. The van der Waals surface area contributed by atoms with E-state index in [-0.39, 0.29) is 23.9 Å². The SMILES string of the molecule is O=C(CCSc1ccc(F)cc1)NNC(=O)c1cc2ccccc2o1. The zero-order chi connectivity index (χ0) is 17.6. The highest BCUT2D eigenvalue weighted by molar-refractivity contribution is 7.99. The van der Waals surface area contributed by atoms with E-state index in [1.54, 1.807) is 24.3 Å². The van der Waals surface area contributed by atoms with E-state index in [2.05, 4.69) is 10.9 Å². The van der Waals surface area contributed by atoms with Crippen molar-refractivity contribution in [1.82, 2.24) is 10.9 Å². The molecule has 2 aromatic carbocycles. The average molecular weight is 358 g/mol. The van der Waals surface area contributed by atoms with Gasteiger partial charge in [-0.05, 0) is 36.4 Å². The molecule has 0 aliphatic carbocycles. The Bertz CT molecular complexity index is 860. The van der Waals surface area contributed by atoms with E-state index in [0.717, 1.165) is 10.3 Å². The highest BCUT2D eigenvalue weighted by Gasteiger charge is 2.12. The minimum absolute atomic E-state index is 0.127. The minimum Gasteiger partial charge on any atom is -0.451 e. The van der Waals surface area contributed by atoms with Crippen LogP contribution in [0.25, 0.3) is 11.0 Å². The number of nitrogens with one attached hydrogen (secondary N) is 2. The summed E-state index contributed by atoms with van der Waals surface area (Å²) >= 11 is 1.43. The van der Waals surface area contributed by atoms with Gasteiger partial charge in [0.2, 0.25) is 5.91 Å². The maximum atomic E-state index is 12.8. The van der Waals surface area contributed by atoms with Crippen molar-refractivity contribution in [2.75, 3.05) is 5.75 Å². The van der Waals surface area contributed by atoms with E-state index in [1.807, 2.05) is 18.2 Å². The summed E-state index contributed by atoms with van der Waals surface area (Å²) in [7, 11) is 0. The molecule has 0 saturated carbocycles. The van der Waals surface area contributed by atoms with Crippen LogP contribution in [0.2, 0.25) is 0 Å². The molecule has 1 aromatic heterocycles. The van der Waals surface area contributed by atoms with Gasteiger partial charge in [0, 0.05) is 22.5 Å². The van der Waals surface area contributed by atoms with Gasteiger partial charge >= 0.3 is 5.91 Å². The van der Waals surface area contributed by atoms with Crippen molar-refractivity contribution in [2.24, 2.45) is 0 Å². The summed E-state index contributed by atoms with van der Waals surface area (Å²) in [5, 5.41) is 0.815. The first kappa shape index (κ1) is 17.0. The Morgan fingerprint density at radius 3 is 2.56 bits per heavy atom. The monoisotopic (exact) mass is 358 g/mol. The molecule has 0 unspecified atom stereocenters. The van der Waals surface area contributed by atoms with E-state index >= 15 is 0 Å². The molecule has 0 bridgehead atoms. The van der Waals surface area contributed by atoms with Gasteiger partial charge in [0.1, 0.15) is 11.4 Å². The molecule has 0 aliphatic heterocycles. The molecular formula is C18H15FN2O3S. The second-order valence-electron chi connectivity index (χ2n) is 5.20. The predicted molar refractivity (Wildman–Crippen MR) is 93.6 cm³/mol. The first-order valence-electron chi connectivity index (χ1n) is 7.58. The molecule has 2 N–H and O–H groups in total. The molecule has 0 atom stereocenters. The number of hydrazine groups is 1. The molecule has 128 valence electrons. The summed E-state index contributed by atoms with van der Waals surface area (Å²) in [5.74, 6) is -0.495. The number of rotatable bonds is 5. The van der Waals surface area contributed by atoms with Crippen molar-refractivity contribution in [3.63, 3.8) is 0 Å². The number of carbonyl (C=O) groups is 2. The Balaban J connectivity index is 1.43. The molecule has 5 nitrogen and oxygen atoms in total. The van der Waals surface area contributed by atoms with Gasteiger partial charge in [0.05, 0.1) is 0 Å². The van der Waals surface area contributed by atoms with Crippen LogP contribution >= 0.6 is 11.8 Å². The molecule has 0 radical (unpaired) electrons. The average Bonchev–Trinajstić information content (AvgIpc) is 3.05. The molecular weight excluding hydrogens is 343 g/mol. The lowest BCUT2D eigenvalue weighted by molar-refractivity contribution is -0.121. The molecule has 3 aromatic rings. The minimum atomic E-state index is -0.518. The van der Waals surface area contributed by atoms with Crippen molar-refractivity contribution in [3.8, 4) is 0 Å². The largest absolute Gasteiger partial charge is 0.451 e. The Hall–Kier alpha value is -2.80. The third-order valence-corrected chi connectivity index (χ3v) is 4.39. The first-order valence-corrected chi connectivity index (χ1v) is 8.56. The van der Waals surface area contributed by atoms with Crippen LogP contribution in [0.15, 0.2) is 63.9 Å². The van der Waals surface area contributed by atoms with E-state index < -0.39 is 5.91 Å². The summed E-state index contributed by atoms with van der Waals surface area (Å²) in [4.78, 5) is 24.6. The molecule has 0 saturated heterocycles. The number of hydrogen-bond donors (Lipinski definition) is 2. The van der Waals surface area contributed by atoms with Gasteiger partial charge in [0.25, 0.3) is 0 Å². The van der Waals surface area contributed by atoms with Crippen molar-refractivity contribution in [3.05, 3.63) is 66.2 Å². The second-order valence-corrected chi connectivity index (χ2v) is 6.37. The lowest BCUT2D eigenvalue weighted by Crippen LogP contribution is -2.41. The zero-order valence-corrected chi connectivity index (χ0v) is 13.9. The summed E-state index contributed by atoms with van der Waals surface area (Å²) in [5.41, 5.74) is 5.28. The number of thioether (sulfide) groups is 1. The van der Waals surface area contributed by atoms with Crippen molar-refractivity contribution in [2.45, 2.75) is 11.3 Å². The fourth-order valence-electron chi connectivity index (χ4n) is 2.14. The number of furan rings is 1. The molecule has 25 heavy (non-hydrogen) atoms. The molecule has 2 amide bonds. The van der Waals surface area contributed by atoms with Crippen LogP contribution < -0.4 is 10.9 Å². The number of hydrogen-bond acceptors (Lipinski definition) is 4. The van der Waals surface area contributed by atoms with E-state index in [4.69, 9.17) is 4.42 Å². The van der Waals surface area contributed by atoms with Gasteiger partial charge in [0.15, 0.2) is 5.76 Å². The molecule has 3 rings (SSSR count). The van der Waals surface area contributed by atoms with Gasteiger partial charge in [-0.15, -0.1) is 11.8 Å². The van der Waals surface area contributed by atoms with Gasteiger partial charge in [-0.3, -0.25) is 20.4 Å². The quantitative estimate of drug-likeness (QED) is 0.541. The maximum Gasteiger partial charge on any atom is 0.305 e. The third kappa shape index (κ3) is 4.60. The van der Waals surface area contributed by atoms with Crippen molar-refractivity contribution >= 4 is 34.5 Å². The number of amides is 2. The van der Waals surface area contributed by atoms with Crippen LogP contribution in [-0.4, -0.2) is 17.6 Å². The lowest BCUT2D eigenvalue weighted by Gasteiger charge is -2.06. The fraction of sp³-hybridized carbons (Fsp3) is 0.111. The Kier molecular flexibility index (Phi) is 5.35. The van der Waals surface area contributed by atoms with Crippen LogP contribution in [0.1, 0.15) is 17.0 Å². The molecule has 0 fully saturated rings. The first-order chi connectivity index (χ1) is 12.1. The normalized spacial score (nSPS) is 10.6. The van der Waals surface area contributed by atoms with Crippen LogP contribution in [0.4, 0.5) is 4.39 Å². The number of fused-ring (bicyclic) bond motifs is 1. The van der Waals surface area contributed by atoms with Crippen LogP contribution in [0.3, 0.4) is 0 Å². The van der Waals surface area contributed by atoms with E-state index in [1.165, 1.54) is 23.9 Å².